The SMILES string of the molecule is CCCCCCCCCCCCCCCCCCCC(=O)OC(CO)COP(=O)(O)OCC(COC(=O)CCCCCCCCCCC)OC(=O)CCCCCCCCCCCCCCCCCCC. The Morgan fingerprint density at radius 3 is 0.843 bits per heavy atom. The Labute approximate surface area is 431 Å². The molecule has 0 amide bonds. The Morgan fingerprint density at radius 2 is 0.571 bits per heavy atom. The summed E-state index contributed by atoms with van der Waals surface area (Å²) in [6.07, 6.45) is 50.7. The molecule has 3 unspecified atom stereocenters. The minimum atomic E-state index is -4.73. The summed E-state index contributed by atoms with van der Waals surface area (Å²) in [5.74, 6) is -1.43. The molecule has 0 aromatic rings. The fourth-order valence-electron chi connectivity index (χ4n) is 8.95. The summed E-state index contributed by atoms with van der Waals surface area (Å²) in [5, 5.41) is 9.81. The molecular weight excluding hydrogens is 904 g/mol. The molecule has 0 spiro atoms. The molecule has 0 saturated heterocycles. The summed E-state index contributed by atoms with van der Waals surface area (Å²) in [6.45, 7) is 4.70. The van der Waals surface area contributed by atoms with Gasteiger partial charge in [-0.05, 0) is 19.3 Å². The molecule has 0 fully saturated rings. The van der Waals surface area contributed by atoms with Crippen LogP contribution in [0, 0.1) is 0 Å². The van der Waals surface area contributed by atoms with Gasteiger partial charge in [-0.3, -0.25) is 23.4 Å². The molecule has 0 heterocycles. The zero-order valence-electron chi connectivity index (χ0n) is 46.0. The zero-order valence-corrected chi connectivity index (χ0v) is 46.9. The summed E-state index contributed by atoms with van der Waals surface area (Å²) in [4.78, 5) is 48.4. The molecule has 416 valence electrons. The summed E-state index contributed by atoms with van der Waals surface area (Å²) in [5.41, 5.74) is 0. The molecule has 0 aromatic carbocycles. The summed E-state index contributed by atoms with van der Waals surface area (Å²) >= 11 is 0. The lowest BCUT2D eigenvalue weighted by Gasteiger charge is -2.21. The number of carbonyl (C=O) groups is 3. The number of aliphatic hydroxyl groups excluding tert-OH is 1. The Balaban J connectivity index is 4.54. The Bertz CT molecular complexity index is 1190. The molecule has 0 aromatic heterocycles. The van der Waals surface area contributed by atoms with Gasteiger partial charge in [0.1, 0.15) is 12.7 Å². The number of hydrogen-bond donors (Lipinski definition) is 2. The van der Waals surface area contributed by atoms with Crippen molar-refractivity contribution in [2.24, 2.45) is 0 Å². The first kappa shape index (κ1) is 68.5. The van der Waals surface area contributed by atoms with Gasteiger partial charge in [0.25, 0.3) is 0 Å². The molecule has 12 heteroatoms. The highest BCUT2D eigenvalue weighted by Crippen LogP contribution is 2.43. The number of esters is 3. The van der Waals surface area contributed by atoms with Gasteiger partial charge in [0.15, 0.2) is 6.10 Å². The van der Waals surface area contributed by atoms with Gasteiger partial charge in [-0.1, -0.05) is 278 Å². The van der Waals surface area contributed by atoms with Crippen LogP contribution in [0.5, 0.6) is 0 Å². The second-order valence-electron chi connectivity index (χ2n) is 20.5. The van der Waals surface area contributed by atoms with Gasteiger partial charge < -0.3 is 24.2 Å². The van der Waals surface area contributed by atoms with Crippen LogP contribution < -0.4 is 0 Å². The largest absolute Gasteiger partial charge is 0.472 e. The average Bonchev–Trinajstić information content (AvgIpc) is 3.35. The Kier molecular flexibility index (Phi) is 52.6. The second-order valence-corrected chi connectivity index (χ2v) is 22.0. The lowest BCUT2D eigenvalue weighted by Crippen LogP contribution is -2.30. The third kappa shape index (κ3) is 51.4. The highest BCUT2D eigenvalue weighted by atomic mass is 31.2. The molecule has 0 radical (unpaired) electrons. The van der Waals surface area contributed by atoms with Crippen molar-refractivity contribution in [1.82, 2.24) is 0 Å². The van der Waals surface area contributed by atoms with E-state index in [1.807, 2.05) is 0 Å². The fourth-order valence-corrected chi connectivity index (χ4v) is 9.73. The smallest absolute Gasteiger partial charge is 0.462 e. The van der Waals surface area contributed by atoms with Crippen molar-refractivity contribution >= 4 is 25.7 Å². The third-order valence-electron chi connectivity index (χ3n) is 13.5. The number of phosphoric acid groups is 1. The predicted molar refractivity (Wildman–Crippen MR) is 289 cm³/mol. The van der Waals surface area contributed by atoms with Crippen molar-refractivity contribution < 1.29 is 52.2 Å². The quantitative estimate of drug-likeness (QED) is 0.0259. The minimum Gasteiger partial charge on any atom is -0.462 e. The molecule has 0 aliphatic heterocycles. The summed E-state index contributed by atoms with van der Waals surface area (Å²) in [7, 11) is -4.73. The van der Waals surface area contributed by atoms with E-state index in [0.717, 1.165) is 57.8 Å². The normalized spacial score (nSPS) is 13.3. The molecule has 0 rings (SSSR count). The van der Waals surface area contributed by atoms with E-state index in [-0.39, 0.29) is 25.9 Å². The first-order chi connectivity index (χ1) is 34.2. The molecule has 0 aliphatic rings. The van der Waals surface area contributed by atoms with Crippen LogP contribution in [0.15, 0.2) is 0 Å². The monoisotopic (exact) mass is 1020 g/mol. The topological polar surface area (TPSA) is 155 Å². The average molecular weight is 1020 g/mol. The van der Waals surface area contributed by atoms with Gasteiger partial charge in [-0.25, -0.2) is 4.57 Å². The van der Waals surface area contributed by atoms with Gasteiger partial charge in [-0.2, -0.15) is 0 Å². The van der Waals surface area contributed by atoms with E-state index in [9.17, 15) is 28.9 Å². The number of ether oxygens (including phenoxy) is 3. The Morgan fingerprint density at radius 1 is 0.343 bits per heavy atom. The van der Waals surface area contributed by atoms with Crippen molar-refractivity contribution in [3.05, 3.63) is 0 Å². The molecule has 3 atom stereocenters. The van der Waals surface area contributed by atoms with Crippen LogP contribution in [0.1, 0.15) is 316 Å². The van der Waals surface area contributed by atoms with Crippen molar-refractivity contribution in [1.29, 1.82) is 0 Å². The maximum absolute atomic E-state index is 12.9. The lowest BCUT2D eigenvalue weighted by molar-refractivity contribution is -0.161. The van der Waals surface area contributed by atoms with Crippen LogP contribution in [0.2, 0.25) is 0 Å². The van der Waals surface area contributed by atoms with E-state index < -0.39 is 57.8 Å². The molecule has 0 bridgehead atoms. The molecular formula is C58H113O11P. The van der Waals surface area contributed by atoms with Gasteiger partial charge in [0, 0.05) is 19.3 Å². The zero-order chi connectivity index (χ0) is 51.3. The standard InChI is InChI=1S/C58H113O11P/c1-4-7-10-13-16-19-21-23-25-27-29-31-33-36-39-42-45-48-57(61)68-54(50-59)52-66-70(63,64)67-53-55(51-65-56(60)47-44-41-38-35-18-15-12-9-6-3)69-58(62)49-46-43-40-37-34-32-30-28-26-24-22-20-17-14-11-8-5-2/h54-55,59H,4-53H2,1-3H3,(H,63,64). The van der Waals surface area contributed by atoms with Gasteiger partial charge in [-0.15, -0.1) is 0 Å². The molecule has 2 N–H and O–H groups in total. The first-order valence-corrected chi connectivity index (χ1v) is 31.4. The molecule has 11 nitrogen and oxygen atoms in total. The lowest BCUT2D eigenvalue weighted by atomic mass is 10.0. The number of rotatable bonds is 57. The number of carbonyl (C=O) groups excluding carboxylic acids is 3. The summed E-state index contributed by atoms with van der Waals surface area (Å²) in [6, 6.07) is 0. The number of aliphatic hydroxyl groups is 1. The first-order valence-electron chi connectivity index (χ1n) is 29.9. The van der Waals surface area contributed by atoms with Crippen LogP contribution in [-0.2, 0) is 42.2 Å². The van der Waals surface area contributed by atoms with Gasteiger partial charge >= 0.3 is 25.7 Å². The van der Waals surface area contributed by atoms with Crippen molar-refractivity contribution in [2.75, 3.05) is 26.4 Å². The highest BCUT2D eigenvalue weighted by molar-refractivity contribution is 7.47. The van der Waals surface area contributed by atoms with E-state index in [1.165, 1.54) is 199 Å². The maximum atomic E-state index is 12.9. The van der Waals surface area contributed by atoms with E-state index >= 15 is 0 Å². The van der Waals surface area contributed by atoms with E-state index in [1.54, 1.807) is 0 Å². The summed E-state index contributed by atoms with van der Waals surface area (Å²) < 4.78 is 39.5. The van der Waals surface area contributed by atoms with Crippen LogP contribution >= 0.6 is 7.82 Å². The minimum absolute atomic E-state index is 0.178. The maximum Gasteiger partial charge on any atom is 0.472 e. The van der Waals surface area contributed by atoms with Gasteiger partial charge in [0.2, 0.25) is 0 Å². The van der Waals surface area contributed by atoms with E-state index in [0.29, 0.717) is 19.3 Å². The number of hydrogen-bond acceptors (Lipinski definition) is 10. The van der Waals surface area contributed by atoms with Gasteiger partial charge in [0.05, 0.1) is 19.8 Å². The molecule has 0 saturated carbocycles. The van der Waals surface area contributed by atoms with Crippen LogP contribution in [0.3, 0.4) is 0 Å². The number of unbranched alkanes of at least 4 members (excludes halogenated alkanes) is 40. The van der Waals surface area contributed by atoms with Crippen molar-refractivity contribution in [3.8, 4) is 0 Å². The van der Waals surface area contributed by atoms with Crippen LogP contribution in [0.25, 0.3) is 0 Å². The highest BCUT2D eigenvalue weighted by Gasteiger charge is 2.28. The third-order valence-corrected chi connectivity index (χ3v) is 14.5. The Hall–Kier alpha value is -1.52. The van der Waals surface area contributed by atoms with E-state index in [4.69, 9.17) is 23.3 Å². The predicted octanol–water partition coefficient (Wildman–Crippen LogP) is 17.5. The van der Waals surface area contributed by atoms with E-state index in [2.05, 4.69) is 20.8 Å². The van der Waals surface area contributed by atoms with Crippen LogP contribution in [-0.4, -0.2) is 66.5 Å². The fraction of sp³-hybridized carbons (Fsp3) is 0.948. The van der Waals surface area contributed by atoms with Crippen molar-refractivity contribution in [2.45, 2.75) is 328 Å². The number of phosphoric ester groups is 1. The second kappa shape index (κ2) is 53.8. The molecule has 0 aliphatic carbocycles. The van der Waals surface area contributed by atoms with Crippen LogP contribution in [0.4, 0.5) is 0 Å². The molecule has 70 heavy (non-hydrogen) atoms. The van der Waals surface area contributed by atoms with Crippen molar-refractivity contribution in [3.63, 3.8) is 0 Å².